The molecule has 0 amide bonds. The molecule has 3 aromatic rings. The molecule has 4 rings (SSSR count). The summed E-state index contributed by atoms with van der Waals surface area (Å²) in [4.78, 5) is 4.40. The van der Waals surface area contributed by atoms with Gasteiger partial charge in [-0.2, -0.15) is 5.10 Å². The van der Waals surface area contributed by atoms with Crippen molar-refractivity contribution in [2.24, 2.45) is 0 Å². The van der Waals surface area contributed by atoms with Gasteiger partial charge >= 0.3 is 0 Å². The van der Waals surface area contributed by atoms with Gasteiger partial charge in [-0.3, -0.25) is 0 Å². The Balaban J connectivity index is 1.67. The Kier molecular flexibility index (Phi) is 4.99. The molecule has 2 aromatic heterocycles. The molecule has 142 valence electrons. The summed E-state index contributed by atoms with van der Waals surface area (Å²) in [5, 5.41) is 18.1. The number of aliphatic hydroxyl groups is 1. The second-order valence-corrected chi connectivity index (χ2v) is 7.07. The van der Waals surface area contributed by atoms with E-state index in [1.165, 1.54) is 6.07 Å². The van der Waals surface area contributed by atoms with Gasteiger partial charge in [0.05, 0.1) is 36.0 Å². The number of hydrogen-bond acceptors (Lipinski definition) is 5. The highest BCUT2D eigenvalue weighted by molar-refractivity contribution is 6.30. The third kappa shape index (κ3) is 3.50. The Labute approximate surface area is 160 Å². The van der Waals surface area contributed by atoms with E-state index >= 15 is 0 Å². The van der Waals surface area contributed by atoms with Crippen LogP contribution in [-0.4, -0.2) is 32.6 Å². The molecule has 1 fully saturated rings. The van der Waals surface area contributed by atoms with Gasteiger partial charge < -0.3 is 15.2 Å². The number of nitrogens with one attached hydrogen (secondary N) is 1. The van der Waals surface area contributed by atoms with E-state index in [4.69, 9.17) is 16.3 Å². The molecule has 0 radical (unpaired) electrons. The summed E-state index contributed by atoms with van der Waals surface area (Å²) in [6.45, 7) is 1.87. The molecule has 1 aliphatic rings. The number of fused-ring (bicyclic) bond motifs is 1. The van der Waals surface area contributed by atoms with Gasteiger partial charge in [-0.15, -0.1) is 0 Å². The molecule has 1 aromatic carbocycles. The number of pyridine rings is 1. The summed E-state index contributed by atoms with van der Waals surface area (Å²) in [6, 6.07) is 8.10. The van der Waals surface area contributed by atoms with Crippen LogP contribution in [-0.2, 0) is 4.74 Å². The van der Waals surface area contributed by atoms with Crippen molar-refractivity contribution in [3.8, 4) is 0 Å². The Morgan fingerprint density at radius 1 is 1.41 bits per heavy atom. The maximum Gasteiger partial charge on any atom is 0.164 e. The van der Waals surface area contributed by atoms with E-state index < -0.39 is 0 Å². The molecule has 3 atom stereocenters. The first-order valence-corrected chi connectivity index (χ1v) is 9.25. The van der Waals surface area contributed by atoms with Gasteiger partial charge in [-0.05, 0) is 31.9 Å². The molecule has 0 aliphatic carbocycles. The summed E-state index contributed by atoms with van der Waals surface area (Å²) in [5.74, 6) is -0.265. The number of rotatable bonds is 5. The summed E-state index contributed by atoms with van der Waals surface area (Å²) in [5.41, 5.74) is 1.88. The first-order valence-electron chi connectivity index (χ1n) is 8.88. The van der Waals surface area contributed by atoms with E-state index in [1.54, 1.807) is 35.1 Å². The van der Waals surface area contributed by atoms with Crippen LogP contribution in [0.4, 0.5) is 10.1 Å². The lowest BCUT2D eigenvalue weighted by Gasteiger charge is -2.18. The fourth-order valence-electron chi connectivity index (χ4n) is 3.46. The van der Waals surface area contributed by atoms with Gasteiger partial charge in [-0.1, -0.05) is 29.8 Å². The molecule has 1 saturated heterocycles. The van der Waals surface area contributed by atoms with Crippen LogP contribution in [0.2, 0.25) is 5.15 Å². The lowest BCUT2D eigenvalue weighted by Crippen LogP contribution is -2.15. The highest BCUT2D eigenvalue weighted by Gasteiger charge is 2.28. The Morgan fingerprint density at radius 3 is 2.96 bits per heavy atom. The summed E-state index contributed by atoms with van der Waals surface area (Å²) in [7, 11) is 0. The lowest BCUT2D eigenvalue weighted by molar-refractivity contribution is -0.0262. The monoisotopic (exact) mass is 390 g/mol. The largest absolute Gasteiger partial charge is 0.394 e. The minimum Gasteiger partial charge on any atom is -0.394 e. The molecule has 0 saturated carbocycles. The molecule has 0 spiro atoms. The Morgan fingerprint density at radius 2 is 2.22 bits per heavy atom. The summed E-state index contributed by atoms with van der Waals surface area (Å²) < 4.78 is 21.6. The first-order chi connectivity index (χ1) is 13.1. The van der Waals surface area contributed by atoms with Crippen molar-refractivity contribution < 1.29 is 14.2 Å². The number of aromatic nitrogens is 3. The Hall–Kier alpha value is -2.22. The number of ether oxygens (including phenoxy) is 1. The molecule has 3 unspecified atom stereocenters. The average molecular weight is 391 g/mol. The summed E-state index contributed by atoms with van der Waals surface area (Å²) >= 11 is 6.23. The van der Waals surface area contributed by atoms with Crippen LogP contribution in [0.1, 0.15) is 37.6 Å². The maximum atomic E-state index is 14.1. The average Bonchev–Trinajstić information content (AvgIpc) is 3.28. The fraction of sp³-hybridized carbons (Fsp3) is 0.368. The molecule has 8 heteroatoms. The minimum atomic E-state index is -0.289. The highest BCUT2D eigenvalue weighted by Crippen LogP contribution is 2.34. The van der Waals surface area contributed by atoms with E-state index in [0.29, 0.717) is 16.4 Å². The van der Waals surface area contributed by atoms with E-state index in [-0.39, 0.29) is 30.8 Å². The van der Waals surface area contributed by atoms with Crippen molar-refractivity contribution in [1.29, 1.82) is 0 Å². The third-order valence-corrected chi connectivity index (χ3v) is 5.03. The van der Waals surface area contributed by atoms with Gasteiger partial charge in [0.1, 0.15) is 11.0 Å². The molecule has 27 heavy (non-hydrogen) atoms. The summed E-state index contributed by atoms with van der Waals surface area (Å²) in [6.07, 6.45) is 2.72. The standard InChI is InChI=1S/C19H20ClFN4O2/c1-11(13-4-2-3-5-15(13)21)23-16-8-17(20)24-19-14(16)9-22-25(19)18-7-6-12(10-26)27-18/h2-5,8-9,11-12,18,26H,6-7,10H2,1H3,(H,23,24). The molecular formula is C19H20ClFN4O2. The zero-order valence-electron chi connectivity index (χ0n) is 14.8. The van der Waals surface area contributed by atoms with E-state index in [0.717, 1.165) is 23.9 Å². The molecule has 2 N–H and O–H groups in total. The van der Waals surface area contributed by atoms with E-state index in [9.17, 15) is 9.50 Å². The van der Waals surface area contributed by atoms with Crippen LogP contribution >= 0.6 is 11.6 Å². The second-order valence-electron chi connectivity index (χ2n) is 6.68. The van der Waals surface area contributed by atoms with Crippen molar-refractivity contribution in [2.75, 3.05) is 11.9 Å². The van der Waals surface area contributed by atoms with E-state index in [2.05, 4.69) is 15.4 Å². The molecule has 6 nitrogen and oxygen atoms in total. The third-order valence-electron chi connectivity index (χ3n) is 4.84. The molecule has 0 bridgehead atoms. The van der Waals surface area contributed by atoms with Gasteiger partial charge in [-0.25, -0.2) is 14.1 Å². The van der Waals surface area contributed by atoms with Crippen LogP contribution in [0, 0.1) is 5.82 Å². The molecule has 1 aliphatic heterocycles. The highest BCUT2D eigenvalue weighted by atomic mass is 35.5. The number of aliphatic hydroxyl groups excluding tert-OH is 1. The zero-order chi connectivity index (χ0) is 19.0. The second kappa shape index (κ2) is 7.42. The number of halogens is 2. The first kappa shape index (κ1) is 18.2. The molecule has 3 heterocycles. The zero-order valence-corrected chi connectivity index (χ0v) is 15.5. The Bertz CT molecular complexity index is 964. The van der Waals surface area contributed by atoms with Crippen molar-refractivity contribution in [3.63, 3.8) is 0 Å². The van der Waals surface area contributed by atoms with E-state index in [1.807, 2.05) is 6.92 Å². The van der Waals surface area contributed by atoms with Crippen molar-refractivity contribution in [3.05, 3.63) is 53.1 Å². The number of nitrogens with zero attached hydrogens (tertiary/aromatic N) is 3. The topological polar surface area (TPSA) is 72.2 Å². The SMILES string of the molecule is CC(Nc1cc(Cl)nc2c1cnn2C1CCC(CO)O1)c1ccccc1F. The van der Waals surface area contributed by atoms with Crippen LogP contribution in [0.15, 0.2) is 36.5 Å². The van der Waals surface area contributed by atoms with Crippen LogP contribution < -0.4 is 5.32 Å². The number of benzene rings is 1. The predicted molar refractivity (Wildman–Crippen MR) is 101 cm³/mol. The van der Waals surface area contributed by atoms with Crippen LogP contribution in [0.25, 0.3) is 11.0 Å². The molecular weight excluding hydrogens is 371 g/mol. The lowest BCUT2D eigenvalue weighted by atomic mass is 10.1. The van der Waals surface area contributed by atoms with Gasteiger partial charge in [0, 0.05) is 5.56 Å². The van der Waals surface area contributed by atoms with Crippen molar-refractivity contribution in [1.82, 2.24) is 14.8 Å². The van der Waals surface area contributed by atoms with Gasteiger partial charge in [0.2, 0.25) is 0 Å². The quantitative estimate of drug-likeness (QED) is 0.642. The fourth-order valence-corrected chi connectivity index (χ4v) is 3.65. The number of anilines is 1. The van der Waals surface area contributed by atoms with Crippen LogP contribution in [0.3, 0.4) is 0 Å². The van der Waals surface area contributed by atoms with Gasteiger partial charge in [0.25, 0.3) is 0 Å². The maximum absolute atomic E-state index is 14.1. The smallest absolute Gasteiger partial charge is 0.164 e. The van der Waals surface area contributed by atoms with Crippen molar-refractivity contribution in [2.45, 2.75) is 38.1 Å². The minimum absolute atomic E-state index is 0.0170. The normalized spacial score (nSPS) is 20.9. The van der Waals surface area contributed by atoms with Crippen LogP contribution in [0.5, 0.6) is 0 Å². The number of hydrogen-bond donors (Lipinski definition) is 2. The van der Waals surface area contributed by atoms with Gasteiger partial charge in [0.15, 0.2) is 11.9 Å². The predicted octanol–water partition coefficient (Wildman–Crippen LogP) is 4.07. The van der Waals surface area contributed by atoms with Crippen molar-refractivity contribution >= 4 is 28.3 Å².